The highest BCUT2D eigenvalue weighted by Crippen LogP contribution is 2.24. The summed E-state index contributed by atoms with van der Waals surface area (Å²) >= 11 is 0. The number of nitrogens with one attached hydrogen (secondary N) is 1. The molecule has 1 N–H and O–H groups in total. The third kappa shape index (κ3) is 6.43. The molecule has 1 fully saturated rings. The molecule has 0 saturated carbocycles. The summed E-state index contributed by atoms with van der Waals surface area (Å²) in [5.41, 5.74) is 0.801. The number of likely N-dealkylation sites (tertiary alicyclic amines) is 1. The lowest BCUT2D eigenvalue weighted by Gasteiger charge is -2.30. The molecule has 180 valence electrons. The first kappa shape index (κ1) is 25.4. The Morgan fingerprint density at radius 3 is 2.33 bits per heavy atom. The van der Waals surface area contributed by atoms with Crippen molar-refractivity contribution in [3.8, 4) is 0 Å². The van der Waals surface area contributed by atoms with E-state index in [2.05, 4.69) is 4.72 Å². The number of amides is 1. The Balaban J connectivity index is 1.82. The molecule has 3 rings (SSSR count). The third-order valence-electron chi connectivity index (χ3n) is 5.78. The zero-order valence-corrected chi connectivity index (χ0v) is 20.9. The lowest BCUT2D eigenvalue weighted by atomic mass is 10.0. The molecule has 1 saturated heterocycles. The van der Waals surface area contributed by atoms with Crippen LogP contribution < -0.4 is 4.72 Å². The summed E-state index contributed by atoms with van der Waals surface area (Å²) < 4.78 is 54.4. The Labute approximate surface area is 197 Å². The van der Waals surface area contributed by atoms with E-state index in [1.807, 2.05) is 13.8 Å². The molecular weight excluding hydrogens is 460 g/mol. The lowest BCUT2D eigenvalue weighted by Crippen LogP contribution is -2.51. The molecular formula is C24H32N2O5S2. The summed E-state index contributed by atoms with van der Waals surface area (Å²) in [7, 11) is -7.49. The fourth-order valence-electron chi connectivity index (χ4n) is 4.19. The highest BCUT2D eigenvalue weighted by atomic mass is 32.2. The molecule has 9 heteroatoms. The Morgan fingerprint density at radius 2 is 1.70 bits per heavy atom. The van der Waals surface area contributed by atoms with Crippen molar-refractivity contribution in [1.82, 2.24) is 9.62 Å². The van der Waals surface area contributed by atoms with E-state index < -0.39 is 31.9 Å². The van der Waals surface area contributed by atoms with Gasteiger partial charge < -0.3 is 4.90 Å². The van der Waals surface area contributed by atoms with Gasteiger partial charge in [-0.1, -0.05) is 44.2 Å². The van der Waals surface area contributed by atoms with Gasteiger partial charge in [0.1, 0.15) is 6.04 Å². The van der Waals surface area contributed by atoms with Crippen LogP contribution in [-0.2, 0) is 24.7 Å². The summed E-state index contributed by atoms with van der Waals surface area (Å²) in [4.78, 5) is 15.4. The van der Waals surface area contributed by atoms with Crippen LogP contribution in [-0.4, -0.2) is 52.0 Å². The molecule has 0 aromatic heterocycles. The highest BCUT2D eigenvalue weighted by molar-refractivity contribution is 7.91. The molecule has 2 aromatic carbocycles. The Bertz CT molecular complexity index is 1180. The van der Waals surface area contributed by atoms with Gasteiger partial charge in [-0.3, -0.25) is 4.79 Å². The second-order valence-electron chi connectivity index (χ2n) is 9.04. The first-order valence-electron chi connectivity index (χ1n) is 11.2. The van der Waals surface area contributed by atoms with Crippen LogP contribution >= 0.6 is 0 Å². The number of aryl methyl sites for hydroxylation is 1. The van der Waals surface area contributed by atoms with Crippen molar-refractivity contribution in [1.29, 1.82) is 0 Å². The summed E-state index contributed by atoms with van der Waals surface area (Å²) in [6.45, 7) is 6.05. The maximum atomic E-state index is 13.5. The molecule has 1 heterocycles. The van der Waals surface area contributed by atoms with Gasteiger partial charge in [-0.15, -0.1) is 0 Å². The SMILES string of the molecule is Cc1cccc(S(=O)(=O)NC(CC(C)C)C(=O)N2CCCC2CS(=O)(=O)c2ccccc2)c1. The van der Waals surface area contributed by atoms with Gasteiger partial charge >= 0.3 is 0 Å². The number of sulfonamides is 1. The van der Waals surface area contributed by atoms with Gasteiger partial charge in [0.2, 0.25) is 15.9 Å². The molecule has 1 amide bonds. The third-order valence-corrected chi connectivity index (χ3v) is 9.06. The number of hydrogen-bond acceptors (Lipinski definition) is 5. The standard InChI is InChI=1S/C24H32N2O5S2/c1-18(2)15-23(25-33(30,31)22-13-7-9-19(3)16-22)24(27)26-14-8-10-20(26)17-32(28,29)21-11-5-4-6-12-21/h4-7,9,11-13,16,18,20,23,25H,8,10,14-15,17H2,1-3H3. The van der Waals surface area contributed by atoms with Crippen LogP contribution in [0, 0.1) is 12.8 Å². The van der Waals surface area contributed by atoms with E-state index in [0.29, 0.717) is 25.8 Å². The predicted molar refractivity (Wildman–Crippen MR) is 128 cm³/mol. The average Bonchev–Trinajstić information content (AvgIpc) is 3.20. The molecule has 2 unspecified atom stereocenters. The topological polar surface area (TPSA) is 101 Å². The van der Waals surface area contributed by atoms with Crippen LogP contribution in [0.1, 0.15) is 38.7 Å². The van der Waals surface area contributed by atoms with Crippen LogP contribution in [0.25, 0.3) is 0 Å². The smallest absolute Gasteiger partial charge is 0.241 e. The predicted octanol–water partition coefficient (Wildman–Crippen LogP) is 3.15. The molecule has 2 atom stereocenters. The summed E-state index contributed by atoms with van der Waals surface area (Å²) in [6.07, 6.45) is 1.56. The Hall–Kier alpha value is -2.23. The van der Waals surface area contributed by atoms with E-state index >= 15 is 0 Å². The minimum absolute atomic E-state index is 0.0632. The number of nitrogens with zero attached hydrogens (tertiary/aromatic N) is 1. The van der Waals surface area contributed by atoms with Crippen molar-refractivity contribution in [2.75, 3.05) is 12.3 Å². The molecule has 1 aliphatic rings. The van der Waals surface area contributed by atoms with Gasteiger partial charge in [0.05, 0.1) is 15.5 Å². The van der Waals surface area contributed by atoms with E-state index in [9.17, 15) is 21.6 Å². The van der Waals surface area contributed by atoms with E-state index in [1.165, 1.54) is 6.07 Å². The largest absolute Gasteiger partial charge is 0.337 e. The van der Waals surface area contributed by atoms with E-state index in [4.69, 9.17) is 0 Å². The van der Waals surface area contributed by atoms with Crippen molar-refractivity contribution in [2.24, 2.45) is 5.92 Å². The van der Waals surface area contributed by atoms with Gasteiger partial charge in [-0.2, -0.15) is 4.72 Å². The minimum atomic E-state index is -3.91. The number of carbonyl (C=O) groups excluding carboxylic acids is 1. The second kappa shape index (κ2) is 10.4. The zero-order chi connectivity index (χ0) is 24.2. The monoisotopic (exact) mass is 492 g/mol. The summed E-state index contributed by atoms with van der Waals surface area (Å²) in [5.74, 6) is -0.485. The molecule has 0 spiro atoms. The maximum absolute atomic E-state index is 13.5. The van der Waals surface area contributed by atoms with Crippen molar-refractivity contribution < 1.29 is 21.6 Å². The molecule has 1 aliphatic heterocycles. The normalized spacial score (nSPS) is 17.9. The molecule has 0 bridgehead atoms. The summed E-state index contributed by atoms with van der Waals surface area (Å²) in [6, 6.07) is 13.3. The molecule has 0 radical (unpaired) electrons. The molecule has 7 nitrogen and oxygen atoms in total. The lowest BCUT2D eigenvalue weighted by molar-refractivity contribution is -0.133. The molecule has 0 aliphatic carbocycles. The van der Waals surface area contributed by atoms with E-state index in [0.717, 1.165) is 5.56 Å². The van der Waals surface area contributed by atoms with Crippen LogP contribution in [0.3, 0.4) is 0 Å². The van der Waals surface area contributed by atoms with Crippen molar-refractivity contribution in [2.45, 2.75) is 61.9 Å². The van der Waals surface area contributed by atoms with Crippen LogP contribution in [0.4, 0.5) is 0 Å². The minimum Gasteiger partial charge on any atom is -0.337 e. The van der Waals surface area contributed by atoms with Gasteiger partial charge in [-0.25, -0.2) is 16.8 Å². The summed E-state index contributed by atoms with van der Waals surface area (Å²) in [5, 5.41) is 0. The van der Waals surface area contributed by atoms with Crippen LogP contribution in [0.2, 0.25) is 0 Å². The highest BCUT2D eigenvalue weighted by Gasteiger charge is 2.37. The first-order valence-corrected chi connectivity index (χ1v) is 14.3. The van der Waals surface area contributed by atoms with Crippen molar-refractivity contribution >= 4 is 25.8 Å². The molecule has 2 aromatic rings. The van der Waals surface area contributed by atoms with Gasteiger partial charge in [0.25, 0.3) is 0 Å². The fourth-order valence-corrected chi connectivity index (χ4v) is 7.11. The quantitative estimate of drug-likeness (QED) is 0.580. The number of sulfone groups is 1. The van der Waals surface area contributed by atoms with Crippen molar-refractivity contribution in [3.63, 3.8) is 0 Å². The molecule has 33 heavy (non-hydrogen) atoms. The van der Waals surface area contributed by atoms with Gasteiger partial charge in [0, 0.05) is 12.6 Å². The van der Waals surface area contributed by atoms with E-state index in [1.54, 1.807) is 60.4 Å². The second-order valence-corrected chi connectivity index (χ2v) is 12.8. The van der Waals surface area contributed by atoms with Crippen LogP contribution in [0.15, 0.2) is 64.4 Å². The number of carbonyl (C=O) groups is 1. The zero-order valence-electron chi connectivity index (χ0n) is 19.3. The Morgan fingerprint density at radius 1 is 1.03 bits per heavy atom. The van der Waals surface area contributed by atoms with Gasteiger partial charge in [-0.05, 0) is 61.9 Å². The van der Waals surface area contributed by atoms with Crippen LogP contribution in [0.5, 0.6) is 0 Å². The number of rotatable bonds is 9. The number of benzene rings is 2. The number of hydrogen-bond donors (Lipinski definition) is 1. The maximum Gasteiger partial charge on any atom is 0.241 e. The van der Waals surface area contributed by atoms with Crippen molar-refractivity contribution in [3.05, 3.63) is 60.2 Å². The van der Waals surface area contributed by atoms with Gasteiger partial charge in [0.15, 0.2) is 9.84 Å². The Kier molecular flexibility index (Phi) is 7.97. The first-order chi connectivity index (χ1) is 15.5. The average molecular weight is 493 g/mol. The fraction of sp³-hybridized carbons (Fsp3) is 0.458. The van der Waals surface area contributed by atoms with E-state index in [-0.39, 0.29) is 27.4 Å².